The molecule has 0 radical (unpaired) electrons. The molecule has 1 aromatic heterocycles. The summed E-state index contributed by atoms with van der Waals surface area (Å²) in [4.78, 5) is 21.5. The summed E-state index contributed by atoms with van der Waals surface area (Å²) in [6.07, 6.45) is 2.91. The van der Waals surface area contributed by atoms with Gasteiger partial charge in [-0.2, -0.15) is 0 Å². The molecule has 0 spiro atoms. The number of hydrogen-bond donors (Lipinski definition) is 1. The fraction of sp³-hybridized carbons (Fsp3) is 0.400. The summed E-state index contributed by atoms with van der Waals surface area (Å²) < 4.78 is 0. The molecule has 5 heteroatoms. The highest BCUT2D eigenvalue weighted by Gasteiger charge is 2.24. The highest BCUT2D eigenvalue weighted by Crippen LogP contribution is 2.18. The first kappa shape index (κ1) is 17.4. The van der Waals surface area contributed by atoms with Crippen LogP contribution in [-0.4, -0.2) is 48.0 Å². The van der Waals surface area contributed by atoms with Crippen LogP contribution in [0.15, 0.2) is 48.7 Å². The van der Waals surface area contributed by atoms with Gasteiger partial charge in [0.2, 0.25) is 5.91 Å². The lowest BCUT2D eigenvalue weighted by molar-refractivity contribution is -0.120. The van der Waals surface area contributed by atoms with E-state index in [4.69, 9.17) is 0 Å². The van der Waals surface area contributed by atoms with E-state index in [0.717, 1.165) is 44.0 Å². The molecule has 2 aromatic rings. The van der Waals surface area contributed by atoms with E-state index in [-0.39, 0.29) is 11.9 Å². The molecule has 0 unspecified atom stereocenters. The number of hydrogen-bond acceptors (Lipinski definition) is 4. The lowest BCUT2D eigenvalue weighted by Crippen LogP contribution is -2.43. The summed E-state index contributed by atoms with van der Waals surface area (Å²) in [6.45, 7) is 7.75. The van der Waals surface area contributed by atoms with E-state index >= 15 is 0 Å². The third kappa shape index (κ3) is 4.57. The van der Waals surface area contributed by atoms with E-state index in [1.165, 1.54) is 5.69 Å². The van der Waals surface area contributed by atoms with Crippen molar-refractivity contribution in [3.63, 3.8) is 0 Å². The van der Waals surface area contributed by atoms with Crippen LogP contribution in [0.2, 0.25) is 0 Å². The molecule has 1 saturated heterocycles. The molecule has 1 aliphatic heterocycles. The minimum Gasteiger partial charge on any atom is -0.370 e. The van der Waals surface area contributed by atoms with Crippen molar-refractivity contribution in [3.8, 4) is 0 Å². The van der Waals surface area contributed by atoms with Crippen LogP contribution in [0.25, 0.3) is 0 Å². The number of carbonyl (C=O) groups is 1. The number of carbonyl (C=O) groups excluding carboxylic acids is 1. The molecule has 5 nitrogen and oxygen atoms in total. The molecule has 0 bridgehead atoms. The average molecular weight is 338 g/mol. The van der Waals surface area contributed by atoms with E-state index < -0.39 is 0 Å². The summed E-state index contributed by atoms with van der Waals surface area (Å²) in [6, 6.07) is 13.7. The van der Waals surface area contributed by atoms with Crippen molar-refractivity contribution in [1.82, 2.24) is 9.88 Å². The van der Waals surface area contributed by atoms with Crippen LogP contribution in [-0.2, 0) is 4.79 Å². The predicted octanol–water partition coefficient (Wildman–Crippen LogP) is 2.93. The quantitative estimate of drug-likeness (QED) is 0.931. The minimum atomic E-state index is -0.140. The molecular weight excluding hydrogens is 312 g/mol. The molecule has 0 saturated carbocycles. The Morgan fingerprint density at radius 2 is 1.92 bits per heavy atom. The molecule has 1 N–H and O–H groups in total. The van der Waals surface area contributed by atoms with Gasteiger partial charge in [0.05, 0.1) is 6.04 Å². The Kier molecular flexibility index (Phi) is 5.66. The van der Waals surface area contributed by atoms with Crippen molar-refractivity contribution < 1.29 is 4.79 Å². The first-order valence-electron chi connectivity index (χ1n) is 8.91. The number of para-hydroxylation sites is 1. The maximum Gasteiger partial charge on any atom is 0.241 e. The van der Waals surface area contributed by atoms with Gasteiger partial charge in [-0.25, -0.2) is 0 Å². The van der Waals surface area contributed by atoms with E-state index in [1.807, 2.05) is 50.4 Å². The topological polar surface area (TPSA) is 48.5 Å². The van der Waals surface area contributed by atoms with Gasteiger partial charge in [0.1, 0.15) is 0 Å². The third-order valence-corrected chi connectivity index (χ3v) is 4.74. The van der Waals surface area contributed by atoms with Gasteiger partial charge in [-0.1, -0.05) is 18.2 Å². The van der Waals surface area contributed by atoms with Crippen molar-refractivity contribution in [2.45, 2.75) is 26.3 Å². The number of nitrogens with one attached hydrogen (secondary N) is 1. The molecule has 2 heterocycles. The van der Waals surface area contributed by atoms with Crippen LogP contribution in [0.3, 0.4) is 0 Å². The molecule has 1 fully saturated rings. The Balaban J connectivity index is 1.59. The summed E-state index contributed by atoms with van der Waals surface area (Å²) >= 11 is 0. The fourth-order valence-electron chi connectivity index (χ4n) is 3.24. The van der Waals surface area contributed by atoms with Gasteiger partial charge in [-0.15, -0.1) is 0 Å². The van der Waals surface area contributed by atoms with Crippen molar-refractivity contribution >= 4 is 17.3 Å². The van der Waals surface area contributed by atoms with Gasteiger partial charge >= 0.3 is 0 Å². The van der Waals surface area contributed by atoms with Crippen LogP contribution in [0.5, 0.6) is 0 Å². The zero-order valence-corrected chi connectivity index (χ0v) is 15.0. The number of benzene rings is 1. The van der Waals surface area contributed by atoms with Gasteiger partial charge < -0.3 is 10.2 Å². The fourth-order valence-corrected chi connectivity index (χ4v) is 3.24. The number of pyridine rings is 1. The largest absolute Gasteiger partial charge is 0.370 e. The molecule has 1 atom stereocenters. The summed E-state index contributed by atoms with van der Waals surface area (Å²) in [7, 11) is 0. The molecule has 1 amide bonds. The smallest absolute Gasteiger partial charge is 0.241 e. The van der Waals surface area contributed by atoms with E-state index in [0.29, 0.717) is 0 Å². The molecule has 0 aliphatic carbocycles. The van der Waals surface area contributed by atoms with Crippen LogP contribution >= 0.6 is 0 Å². The van der Waals surface area contributed by atoms with Crippen LogP contribution in [0.4, 0.5) is 11.4 Å². The SMILES string of the molecule is Cc1cc(N2CCCN([C@H](C)C(=O)Nc3ccccc3)CC2)ccn1. The maximum absolute atomic E-state index is 12.5. The highest BCUT2D eigenvalue weighted by atomic mass is 16.2. The Morgan fingerprint density at radius 1 is 1.12 bits per heavy atom. The Morgan fingerprint density at radius 3 is 2.68 bits per heavy atom. The Labute approximate surface area is 149 Å². The molecule has 25 heavy (non-hydrogen) atoms. The number of aryl methyl sites for hydroxylation is 1. The highest BCUT2D eigenvalue weighted by molar-refractivity contribution is 5.94. The standard InChI is InChI=1S/C20H26N4O/c1-16-15-19(9-10-21-16)24-12-6-11-23(13-14-24)17(2)20(25)22-18-7-4-3-5-8-18/h3-5,7-10,15,17H,6,11-14H2,1-2H3,(H,22,25)/t17-/m1/s1. The first-order valence-corrected chi connectivity index (χ1v) is 8.91. The normalized spacial score (nSPS) is 17.0. The zero-order valence-electron chi connectivity index (χ0n) is 15.0. The van der Waals surface area contributed by atoms with Gasteiger partial charge in [0, 0.05) is 49.4 Å². The molecule has 1 aliphatic rings. The number of rotatable bonds is 4. The number of nitrogens with zero attached hydrogens (tertiary/aromatic N) is 3. The molecule has 3 rings (SSSR count). The molecular formula is C20H26N4O. The van der Waals surface area contributed by atoms with Gasteiger partial charge in [-0.05, 0) is 44.5 Å². The van der Waals surface area contributed by atoms with Crippen molar-refractivity contribution in [1.29, 1.82) is 0 Å². The monoisotopic (exact) mass is 338 g/mol. The van der Waals surface area contributed by atoms with Gasteiger partial charge in [0.25, 0.3) is 0 Å². The number of amides is 1. The van der Waals surface area contributed by atoms with Crippen molar-refractivity contribution in [2.24, 2.45) is 0 Å². The zero-order chi connectivity index (χ0) is 17.6. The second-order valence-electron chi connectivity index (χ2n) is 6.56. The van der Waals surface area contributed by atoms with Crippen LogP contribution < -0.4 is 10.2 Å². The average Bonchev–Trinajstić information content (AvgIpc) is 2.88. The Bertz CT molecular complexity index is 704. The minimum absolute atomic E-state index is 0.0550. The summed E-state index contributed by atoms with van der Waals surface area (Å²) in [5, 5.41) is 3.01. The molecule has 132 valence electrons. The van der Waals surface area contributed by atoms with E-state index in [1.54, 1.807) is 0 Å². The number of anilines is 2. The van der Waals surface area contributed by atoms with Crippen molar-refractivity contribution in [2.75, 3.05) is 36.4 Å². The summed E-state index contributed by atoms with van der Waals surface area (Å²) in [5.74, 6) is 0.0550. The van der Waals surface area contributed by atoms with Crippen molar-refractivity contribution in [3.05, 3.63) is 54.4 Å². The van der Waals surface area contributed by atoms with E-state index in [2.05, 4.69) is 32.2 Å². The lowest BCUT2D eigenvalue weighted by atomic mass is 10.2. The van der Waals surface area contributed by atoms with Gasteiger partial charge in [-0.3, -0.25) is 14.7 Å². The van der Waals surface area contributed by atoms with E-state index in [9.17, 15) is 4.79 Å². The van der Waals surface area contributed by atoms with Crippen LogP contribution in [0.1, 0.15) is 19.0 Å². The first-order chi connectivity index (χ1) is 12.1. The predicted molar refractivity (Wildman–Crippen MR) is 102 cm³/mol. The maximum atomic E-state index is 12.5. The summed E-state index contributed by atoms with van der Waals surface area (Å²) in [5.41, 5.74) is 3.10. The van der Waals surface area contributed by atoms with Crippen LogP contribution in [0, 0.1) is 6.92 Å². The third-order valence-electron chi connectivity index (χ3n) is 4.74. The second-order valence-corrected chi connectivity index (χ2v) is 6.56. The molecule has 1 aromatic carbocycles. The number of aromatic nitrogens is 1. The lowest BCUT2D eigenvalue weighted by Gasteiger charge is -2.27. The second kappa shape index (κ2) is 8.12. The van der Waals surface area contributed by atoms with Gasteiger partial charge in [0.15, 0.2) is 0 Å². The Hall–Kier alpha value is -2.40.